The molecule has 1 heterocycles. The molecule has 0 unspecified atom stereocenters. The minimum atomic E-state index is -0.171. The molecule has 2 N–H and O–H groups in total. The van der Waals surface area contributed by atoms with Gasteiger partial charge < -0.3 is 5.73 Å². The van der Waals surface area contributed by atoms with Gasteiger partial charge in [-0.1, -0.05) is 31.5 Å². The number of nitrogens with two attached hydrogens (primary N) is 1. The molecule has 0 aliphatic rings. The Kier molecular flexibility index (Phi) is 4.23. The van der Waals surface area contributed by atoms with E-state index in [1.54, 1.807) is 4.68 Å². The first-order valence-electron chi connectivity index (χ1n) is 6.87. The largest absolute Gasteiger partial charge is 0.393 e. The average molecular weight is 294 g/mol. The van der Waals surface area contributed by atoms with Crippen molar-refractivity contribution in [2.45, 2.75) is 40.2 Å². The summed E-state index contributed by atoms with van der Waals surface area (Å²) in [5.41, 5.74) is 8.75. The van der Waals surface area contributed by atoms with Crippen LogP contribution in [-0.2, 0) is 13.0 Å². The zero-order chi connectivity index (χ0) is 14.9. The van der Waals surface area contributed by atoms with Gasteiger partial charge in [0.05, 0.1) is 11.4 Å². The molecule has 0 bridgehead atoms. The maximum Gasteiger partial charge on any atom is 0.294 e. The molecule has 2 aromatic rings. The van der Waals surface area contributed by atoms with Gasteiger partial charge in [0, 0.05) is 11.6 Å². The van der Waals surface area contributed by atoms with E-state index in [4.69, 9.17) is 17.3 Å². The van der Waals surface area contributed by atoms with Gasteiger partial charge >= 0.3 is 0 Å². The fraction of sp³-hybridized carbons (Fsp3) is 0.400. The highest BCUT2D eigenvalue weighted by Crippen LogP contribution is 2.21. The maximum atomic E-state index is 12.4. The van der Waals surface area contributed by atoms with Gasteiger partial charge in [0.25, 0.3) is 5.56 Å². The third kappa shape index (κ3) is 2.36. The Labute approximate surface area is 123 Å². The Hall–Kier alpha value is -1.68. The van der Waals surface area contributed by atoms with Crippen molar-refractivity contribution in [2.75, 3.05) is 5.73 Å². The first-order valence-corrected chi connectivity index (χ1v) is 7.25. The van der Waals surface area contributed by atoms with E-state index in [-0.39, 0.29) is 5.56 Å². The molecule has 1 aromatic carbocycles. The van der Waals surface area contributed by atoms with Crippen molar-refractivity contribution in [3.8, 4) is 5.69 Å². The number of hydrogen-bond donors (Lipinski definition) is 1. The van der Waals surface area contributed by atoms with E-state index < -0.39 is 0 Å². The fourth-order valence-corrected chi connectivity index (χ4v) is 2.57. The lowest BCUT2D eigenvalue weighted by Gasteiger charge is -2.14. The second-order valence-electron chi connectivity index (χ2n) is 4.89. The first-order chi connectivity index (χ1) is 9.51. The van der Waals surface area contributed by atoms with Crippen molar-refractivity contribution in [3.05, 3.63) is 44.8 Å². The quantitative estimate of drug-likeness (QED) is 0.941. The summed E-state index contributed by atoms with van der Waals surface area (Å²) >= 11 is 6.17. The van der Waals surface area contributed by atoms with Crippen molar-refractivity contribution in [1.29, 1.82) is 0 Å². The fourth-order valence-electron chi connectivity index (χ4n) is 2.40. The highest BCUT2D eigenvalue weighted by Gasteiger charge is 2.17. The van der Waals surface area contributed by atoms with Crippen molar-refractivity contribution >= 4 is 17.3 Å². The van der Waals surface area contributed by atoms with Crippen LogP contribution in [0.25, 0.3) is 5.69 Å². The van der Waals surface area contributed by atoms with E-state index in [1.807, 2.05) is 36.7 Å². The van der Waals surface area contributed by atoms with E-state index >= 15 is 0 Å². The van der Waals surface area contributed by atoms with E-state index in [1.165, 1.54) is 0 Å². The maximum absolute atomic E-state index is 12.4. The van der Waals surface area contributed by atoms with Crippen LogP contribution in [0.1, 0.15) is 31.5 Å². The second-order valence-corrected chi connectivity index (χ2v) is 5.29. The predicted octanol–water partition coefficient (Wildman–Crippen LogP) is 3.16. The molecule has 4 nitrogen and oxygen atoms in total. The van der Waals surface area contributed by atoms with Crippen molar-refractivity contribution in [3.63, 3.8) is 0 Å². The Bertz CT molecular complexity index is 685. The minimum Gasteiger partial charge on any atom is -0.393 e. The molecule has 1 aromatic heterocycles. The van der Waals surface area contributed by atoms with Gasteiger partial charge in [-0.25, -0.2) is 4.68 Å². The molecule has 0 saturated carbocycles. The normalized spacial score (nSPS) is 11.0. The summed E-state index contributed by atoms with van der Waals surface area (Å²) in [4.78, 5) is 12.4. The Morgan fingerprint density at radius 2 is 2.00 bits per heavy atom. The molecule has 0 spiro atoms. The van der Waals surface area contributed by atoms with E-state index in [0.717, 1.165) is 36.3 Å². The molecule has 0 fully saturated rings. The monoisotopic (exact) mass is 293 g/mol. The predicted molar refractivity (Wildman–Crippen MR) is 83.9 cm³/mol. The van der Waals surface area contributed by atoms with Gasteiger partial charge in [0.15, 0.2) is 0 Å². The third-order valence-corrected chi connectivity index (χ3v) is 3.86. The number of hydrogen-bond acceptors (Lipinski definition) is 2. The van der Waals surface area contributed by atoms with Gasteiger partial charge in [-0.2, -0.15) is 0 Å². The molecular weight excluding hydrogens is 274 g/mol. The van der Waals surface area contributed by atoms with Crippen LogP contribution in [0.15, 0.2) is 23.0 Å². The number of nitrogen functional groups attached to an aromatic ring is 1. The van der Waals surface area contributed by atoms with Crippen LogP contribution < -0.4 is 11.3 Å². The van der Waals surface area contributed by atoms with E-state index in [9.17, 15) is 4.79 Å². The van der Waals surface area contributed by atoms with Crippen molar-refractivity contribution in [1.82, 2.24) is 9.36 Å². The zero-order valence-corrected chi connectivity index (χ0v) is 12.9. The van der Waals surface area contributed by atoms with Crippen LogP contribution in [0.3, 0.4) is 0 Å². The highest BCUT2D eigenvalue weighted by atomic mass is 35.5. The molecule has 20 heavy (non-hydrogen) atoms. The van der Waals surface area contributed by atoms with Gasteiger partial charge in [-0.15, -0.1) is 0 Å². The molecule has 0 atom stereocenters. The van der Waals surface area contributed by atoms with Crippen LogP contribution in [0.4, 0.5) is 5.69 Å². The number of anilines is 1. The Morgan fingerprint density at radius 1 is 1.30 bits per heavy atom. The molecule has 108 valence electrons. The second kappa shape index (κ2) is 5.75. The van der Waals surface area contributed by atoms with Crippen LogP contribution in [0.2, 0.25) is 5.02 Å². The smallest absolute Gasteiger partial charge is 0.294 e. The summed E-state index contributed by atoms with van der Waals surface area (Å²) < 4.78 is 3.58. The lowest BCUT2D eigenvalue weighted by molar-refractivity contribution is 0.516. The van der Waals surface area contributed by atoms with Gasteiger partial charge in [-0.3, -0.25) is 9.48 Å². The van der Waals surface area contributed by atoms with Gasteiger partial charge in [0.1, 0.15) is 5.69 Å². The first kappa shape index (κ1) is 14.7. The number of benzene rings is 1. The lowest BCUT2D eigenvalue weighted by Crippen LogP contribution is -2.22. The standard InChI is InChI=1S/C15H20ClN3O/c1-4-8-18-13(5-2)14(17)15(20)19(18)11-7-6-10(3)12(16)9-11/h6-7,9H,4-5,8,17H2,1-3H3. The Morgan fingerprint density at radius 3 is 2.55 bits per heavy atom. The van der Waals surface area contributed by atoms with Crippen LogP contribution in [0.5, 0.6) is 0 Å². The average Bonchev–Trinajstić information content (AvgIpc) is 2.65. The molecule has 2 rings (SSSR count). The summed E-state index contributed by atoms with van der Waals surface area (Å²) in [6.07, 6.45) is 1.66. The molecule has 0 radical (unpaired) electrons. The minimum absolute atomic E-state index is 0.171. The summed E-state index contributed by atoms with van der Waals surface area (Å²) in [6, 6.07) is 5.62. The van der Waals surface area contributed by atoms with E-state index in [2.05, 4.69) is 6.92 Å². The topological polar surface area (TPSA) is 52.9 Å². The van der Waals surface area contributed by atoms with Crippen LogP contribution in [0, 0.1) is 6.92 Å². The number of nitrogens with zero attached hydrogens (tertiary/aromatic N) is 2. The van der Waals surface area contributed by atoms with Crippen LogP contribution >= 0.6 is 11.6 Å². The molecule has 5 heteroatoms. The molecule has 0 saturated heterocycles. The third-order valence-electron chi connectivity index (χ3n) is 3.46. The van der Waals surface area contributed by atoms with Crippen molar-refractivity contribution in [2.24, 2.45) is 0 Å². The lowest BCUT2D eigenvalue weighted by atomic mass is 10.2. The highest BCUT2D eigenvalue weighted by molar-refractivity contribution is 6.31. The number of aryl methyl sites for hydroxylation is 1. The zero-order valence-electron chi connectivity index (χ0n) is 12.1. The number of halogens is 1. The van der Waals surface area contributed by atoms with Gasteiger partial charge in [-0.05, 0) is 37.5 Å². The van der Waals surface area contributed by atoms with Crippen LogP contribution in [-0.4, -0.2) is 9.36 Å². The number of rotatable bonds is 4. The SMILES string of the molecule is CCCn1c(CC)c(N)c(=O)n1-c1ccc(C)c(Cl)c1. The molecule has 0 aliphatic heterocycles. The molecule has 0 aliphatic carbocycles. The summed E-state index contributed by atoms with van der Waals surface area (Å²) in [6.45, 7) is 6.77. The number of aromatic nitrogens is 2. The summed E-state index contributed by atoms with van der Waals surface area (Å²) in [5, 5.41) is 0.648. The molecular formula is C15H20ClN3O. The Balaban J connectivity index is 2.72. The van der Waals surface area contributed by atoms with Crippen molar-refractivity contribution < 1.29 is 0 Å². The summed E-state index contributed by atoms with van der Waals surface area (Å²) in [5.74, 6) is 0. The van der Waals surface area contributed by atoms with E-state index in [0.29, 0.717) is 10.7 Å². The summed E-state index contributed by atoms with van der Waals surface area (Å²) in [7, 11) is 0. The molecule has 0 amide bonds. The van der Waals surface area contributed by atoms with Gasteiger partial charge in [0.2, 0.25) is 0 Å².